The van der Waals surface area contributed by atoms with Crippen LogP contribution in [0, 0.1) is 5.92 Å². The smallest absolute Gasteiger partial charge is 0.108 e. The Morgan fingerprint density at radius 2 is 2.15 bits per heavy atom. The van der Waals surface area contributed by atoms with Gasteiger partial charge in [-0.25, -0.2) is 4.68 Å². The third kappa shape index (κ3) is 4.28. The Labute approximate surface area is 122 Å². The third-order valence-corrected chi connectivity index (χ3v) is 4.13. The van der Waals surface area contributed by atoms with Crippen LogP contribution in [0.5, 0.6) is 0 Å². The van der Waals surface area contributed by atoms with Gasteiger partial charge >= 0.3 is 0 Å². The van der Waals surface area contributed by atoms with Gasteiger partial charge in [0.25, 0.3) is 0 Å². The minimum atomic E-state index is 0.505. The summed E-state index contributed by atoms with van der Waals surface area (Å²) in [6.07, 6.45) is 7.01. The molecule has 1 aliphatic heterocycles. The Hall–Kier alpha value is -0.940. The molecule has 0 unspecified atom stereocenters. The summed E-state index contributed by atoms with van der Waals surface area (Å²) in [5, 5.41) is 8.39. The molecule has 0 N–H and O–H groups in total. The summed E-state index contributed by atoms with van der Waals surface area (Å²) in [6, 6.07) is 0.505. The molecule has 114 valence electrons. The van der Waals surface area contributed by atoms with Crippen LogP contribution >= 0.6 is 0 Å². The highest BCUT2D eigenvalue weighted by molar-refractivity contribution is 4.92. The SMILES string of the molecule is CCC[C@@H](C)CN1CCC(n2cc(COC)nn2)CC1. The fraction of sp³-hybridized carbons (Fsp3) is 0.867. The predicted octanol–water partition coefficient (Wildman–Crippen LogP) is 2.50. The van der Waals surface area contributed by atoms with Crippen molar-refractivity contribution in [3.05, 3.63) is 11.9 Å². The van der Waals surface area contributed by atoms with Crippen molar-refractivity contribution in [2.45, 2.75) is 52.2 Å². The number of nitrogens with zero attached hydrogens (tertiary/aromatic N) is 4. The Kier molecular flexibility index (Phi) is 5.98. The van der Waals surface area contributed by atoms with E-state index >= 15 is 0 Å². The largest absolute Gasteiger partial charge is 0.378 e. The van der Waals surface area contributed by atoms with Gasteiger partial charge in [-0.15, -0.1) is 5.10 Å². The minimum Gasteiger partial charge on any atom is -0.378 e. The van der Waals surface area contributed by atoms with Gasteiger partial charge in [-0.3, -0.25) is 0 Å². The molecule has 2 heterocycles. The van der Waals surface area contributed by atoms with Crippen molar-refractivity contribution in [1.29, 1.82) is 0 Å². The van der Waals surface area contributed by atoms with Crippen LogP contribution in [0.2, 0.25) is 0 Å². The van der Waals surface area contributed by atoms with Crippen molar-refractivity contribution in [3.8, 4) is 0 Å². The highest BCUT2D eigenvalue weighted by atomic mass is 16.5. The van der Waals surface area contributed by atoms with Gasteiger partial charge < -0.3 is 9.64 Å². The summed E-state index contributed by atoms with van der Waals surface area (Å²) in [5.41, 5.74) is 0.923. The fourth-order valence-corrected chi connectivity index (χ4v) is 3.10. The second-order valence-corrected chi connectivity index (χ2v) is 6.05. The van der Waals surface area contributed by atoms with Crippen LogP contribution in [0.1, 0.15) is 51.3 Å². The van der Waals surface area contributed by atoms with E-state index in [0.717, 1.165) is 11.6 Å². The van der Waals surface area contributed by atoms with E-state index in [4.69, 9.17) is 4.74 Å². The standard InChI is InChI=1S/C15H28N4O/c1-4-5-13(2)10-18-8-6-15(7-9-18)19-11-14(12-20-3)16-17-19/h11,13,15H,4-10,12H2,1-3H3/t13-/m1/s1. The first-order valence-corrected chi connectivity index (χ1v) is 7.85. The van der Waals surface area contributed by atoms with Gasteiger partial charge in [0.15, 0.2) is 0 Å². The summed E-state index contributed by atoms with van der Waals surface area (Å²) in [7, 11) is 1.69. The number of hydrogen-bond donors (Lipinski definition) is 0. The van der Waals surface area contributed by atoms with Crippen LogP contribution in [0.4, 0.5) is 0 Å². The molecular weight excluding hydrogens is 252 g/mol. The van der Waals surface area contributed by atoms with Gasteiger partial charge in [0, 0.05) is 26.7 Å². The first-order valence-electron chi connectivity index (χ1n) is 7.85. The van der Waals surface area contributed by atoms with Gasteiger partial charge in [0.1, 0.15) is 5.69 Å². The lowest BCUT2D eigenvalue weighted by molar-refractivity contribution is 0.157. The molecule has 0 saturated carbocycles. The summed E-state index contributed by atoms with van der Waals surface area (Å²) in [6.45, 7) is 8.78. The normalized spacial score (nSPS) is 19.4. The van der Waals surface area contributed by atoms with Gasteiger partial charge in [0.2, 0.25) is 0 Å². The lowest BCUT2D eigenvalue weighted by atomic mass is 10.0. The Balaban J connectivity index is 1.78. The zero-order chi connectivity index (χ0) is 14.4. The Bertz CT molecular complexity index is 385. The Morgan fingerprint density at radius 3 is 2.80 bits per heavy atom. The van der Waals surface area contributed by atoms with E-state index in [1.165, 1.54) is 45.3 Å². The van der Waals surface area contributed by atoms with Crippen LogP contribution in [0.25, 0.3) is 0 Å². The minimum absolute atomic E-state index is 0.505. The molecule has 5 heteroatoms. The molecule has 20 heavy (non-hydrogen) atoms. The van der Waals surface area contributed by atoms with Crippen LogP contribution in [-0.4, -0.2) is 46.6 Å². The van der Waals surface area contributed by atoms with E-state index in [1.54, 1.807) is 7.11 Å². The van der Waals surface area contributed by atoms with Crippen LogP contribution in [0.15, 0.2) is 6.20 Å². The van der Waals surface area contributed by atoms with E-state index in [9.17, 15) is 0 Å². The van der Waals surface area contributed by atoms with E-state index < -0.39 is 0 Å². The third-order valence-electron chi connectivity index (χ3n) is 4.13. The number of hydrogen-bond acceptors (Lipinski definition) is 4. The van der Waals surface area contributed by atoms with Gasteiger partial charge in [-0.1, -0.05) is 25.5 Å². The summed E-state index contributed by atoms with van der Waals surface area (Å²) in [5.74, 6) is 0.816. The molecule has 1 aromatic rings. The number of methoxy groups -OCH3 is 1. The zero-order valence-electron chi connectivity index (χ0n) is 13.1. The lowest BCUT2D eigenvalue weighted by Gasteiger charge is -2.33. The molecule has 0 amide bonds. The van der Waals surface area contributed by atoms with Crippen molar-refractivity contribution in [2.24, 2.45) is 5.92 Å². The molecular formula is C15H28N4O. The molecule has 1 atom stereocenters. The first kappa shape index (κ1) is 15.4. The maximum atomic E-state index is 5.09. The highest BCUT2D eigenvalue weighted by Gasteiger charge is 2.22. The second kappa shape index (κ2) is 7.74. The van der Waals surface area contributed by atoms with E-state index in [-0.39, 0.29) is 0 Å². The molecule has 1 saturated heterocycles. The molecule has 1 aromatic heterocycles. The van der Waals surface area contributed by atoms with E-state index in [2.05, 4.69) is 29.1 Å². The summed E-state index contributed by atoms with van der Waals surface area (Å²) >= 11 is 0. The molecule has 0 aromatic carbocycles. The molecule has 0 aliphatic carbocycles. The van der Waals surface area contributed by atoms with E-state index in [1.807, 2.05) is 10.9 Å². The lowest BCUT2D eigenvalue weighted by Crippen LogP contribution is -2.37. The van der Waals surface area contributed by atoms with Gasteiger partial charge in [-0.05, 0) is 25.2 Å². The maximum Gasteiger partial charge on any atom is 0.108 e. The topological polar surface area (TPSA) is 43.2 Å². The quantitative estimate of drug-likeness (QED) is 0.769. The average molecular weight is 280 g/mol. The zero-order valence-corrected chi connectivity index (χ0v) is 13.1. The number of rotatable bonds is 7. The first-order chi connectivity index (χ1) is 9.72. The maximum absolute atomic E-state index is 5.09. The predicted molar refractivity (Wildman–Crippen MR) is 79.5 cm³/mol. The summed E-state index contributed by atoms with van der Waals surface area (Å²) in [4.78, 5) is 2.60. The van der Waals surface area contributed by atoms with Crippen molar-refractivity contribution in [2.75, 3.05) is 26.7 Å². The fourth-order valence-electron chi connectivity index (χ4n) is 3.10. The number of likely N-dealkylation sites (tertiary alicyclic amines) is 1. The van der Waals surface area contributed by atoms with Crippen molar-refractivity contribution >= 4 is 0 Å². The van der Waals surface area contributed by atoms with Crippen LogP contribution < -0.4 is 0 Å². The second-order valence-electron chi connectivity index (χ2n) is 6.05. The van der Waals surface area contributed by atoms with Gasteiger partial charge in [-0.2, -0.15) is 0 Å². The molecule has 2 rings (SSSR count). The molecule has 5 nitrogen and oxygen atoms in total. The molecule has 1 fully saturated rings. The van der Waals surface area contributed by atoms with Crippen LogP contribution in [0.3, 0.4) is 0 Å². The number of piperidine rings is 1. The molecule has 0 radical (unpaired) electrons. The highest BCUT2D eigenvalue weighted by Crippen LogP contribution is 2.23. The van der Waals surface area contributed by atoms with E-state index in [0.29, 0.717) is 12.6 Å². The molecule has 0 spiro atoms. The van der Waals surface area contributed by atoms with Crippen LogP contribution in [-0.2, 0) is 11.3 Å². The Morgan fingerprint density at radius 1 is 1.40 bits per heavy atom. The van der Waals surface area contributed by atoms with Gasteiger partial charge in [0.05, 0.1) is 18.8 Å². The van der Waals surface area contributed by atoms with Crippen molar-refractivity contribution in [1.82, 2.24) is 19.9 Å². The number of ether oxygens (including phenoxy) is 1. The molecule has 1 aliphatic rings. The van der Waals surface area contributed by atoms with Crippen molar-refractivity contribution in [3.63, 3.8) is 0 Å². The average Bonchev–Trinajstić information content (AvgIpc) is 2.89. The summed E-state index contributed by atoms with van der Waals surface area (Å²) < 4.78 is 7.12. The molecule has 0 bridgehead atoms. The monoisotopic (exact) mass is 280 g/mol. The van der Waals surface area contributed by atoms with Crippen molar-refractivity contribution < 1.29 is 4.74 Å². The number of aromatic nitrogens is 3.